The predicted octanol–water partition coefficient (Wildman–Crippen LogP) is 3.14. The maximum atomic E-state index is 13.1. The Kier molecular flexibility index (Phi) is 4.77. The van der Waals surface area contributed by atoms with Gasteiger partial charge in [-0.2, -0.15) is 0 Å². The molecule has 1 aromatic carbocycles. The van der Waals surface area contributed by atoms with Gasteiger partial charge >= 0.3 is 0 Å². The molecule has 1 aliphatic heterocycles. The fourth-order valence-corrected chi connectivity index (χ4v) is 2.30. The average molecular weight is 258 g/mol. The van der Waals surface area contributed by atoms with E-state index < -0.39 is 0 Å². The second-order valence-corrected chi connectivity index (χ2v) is 4.83. The molecule has 1 heterocycles. The lowest BCUT2D eigenvalue weighted by atomic mass is 10.1. The van der Waals surface area contributed by atoms with Gasteiger partial charge in [0.25, 0.3) is 0 Å². The Morgan fingerprint density at radius 1 is 1.35 bits per heavy atom. The summed E-state index contributed by atoms with van der Waals surface area (Å²) in [5.74, 6) is -0.289. The van der Waals surface area contributed by atoms with Crippen LogP contribution in [0, 0.1) is 5.82 Å². The van der Waals surface area contributed by atoms with Gasteiger partial charge in [0, 0.05) is 24.7 Å². The van der Waals surface area contributed by atoms with E-state index in [1.165, 1.54) is 18.6 Å². The smallest absolute Gasteiger partial charge is 0.125 e. The van der Waals surface area contributed by atoms with Crippen LogP contribution in [0.15, 0.2) is 18.2 Å². The van der Waals surface area contributed by atoms with Crippen LogP contribution in [0.2, 0.25) is 5.02 Å². The lowest BCUT2D eigenvalue weighted by molar-refractivity contribution is 0.0168. The van der Waals surface area contributed by atoms with Crippen molar-refractivity contribution < 1.29 is 9.13 Å². The summed E-state index contributed by atoms with van der Waals surface area (Å²) in [7, 11) is 0. The molecule has 0 aliphatic carbocycles. The maximum Gasteiger partial charge on any atom is 0.125 e. The summed E-state index contributed by atoms with van der Waals surface area (Å²) in [6, 6.07) is 4.59. The molecule has 1 aromatic rings. The zero-order valence-electron chi connectivity index (χ0n) is 9.72. The second-order valence-electron chi connectivity index (χ2n) is 4.40. The van der Waals surface area contributed by atoms with Crippen molar-refractivity contribution in [2.24, 2.45) is 0 Å². The number of ether oxygens (including phenoxy) is 1. The van der Waals surface area contributed by atoms with Gasteiger partial charge in [-0.05, 0) is 43.0 Å². The van der Waals surface area contributed by atoms with Crippen molar-refractivity contribution in [1.82, 2.24) is 5.32 Å². The van der Waals surface area contributed by atoms with Gasteiger partial charge in [-0.3, -0.25) is 0 Å². The van der Waals surface area contributed by atoms with Crippen molar-refractivity contribution in [3.8, 4) is 0 Å². The fourth-order valence-electron chi connectivity index (χ4n) is 2.06. The van der Waals surface area contributed by atoms with Crippen LogP contribution in [0.3, 0.4) is 0 Å². The molecule has 0 amide bonds. The molecule has 1 saturated heterocycles. The lowest BCUT2D eigenvalue weighted by Crippen LogP contribution is -2.31. The lowest BCUT2D eigenvalue weighted by Gasteiger charge is -2.22. The predicted molar refractivity (Wildman–Crippen MR) is 66.7 cm³/mol. The van der Waals surface area contributed by atoms with E-state index in [0.717, 1.165) is 31.6 Å². The summed E-state index contributed by atoms with van der Waals surface area (Å²) >= 11 is 5.79. The highest BCUT2D eigenvalue weighted by atomic mass is 35.5. The van der Waals surface area contributed by atoms with E-state index >= 15 is 0 Å². The van der Waals surface area contributed by atoms with Gasteiger partial charge < -0.3 is 10.1 Å². The Hall–Kier alpha value is -0.640. The van der Waals surface area contributed by atoms with E-state index in [9.17, 15) is 4.39 Å². The summed E-state index contributed by atoms with van der Waals surface area (Å²) in [5.41, 5.74) is 0.866. The van der Waals surface area contributed by atoms with Crippen LogP contribution in [0.25, 0.3) is 0 Å². The number of rotatable bonds is 4. The minimum atomic E-state index is -0.289. The quantitative estimate of drug-likeness (QED) is 0.895. The van der Waals surface area contributed by atoms with Gasteiger partial charge in [-0.25, -0.2) is 4.39 Å². The molecule has 0 aromatic heterocycles. The van der Waals surface area contributed by atoms with Gasteiger partial charge in [0.2, 0.25) is 0 Å². The Balaban J connectivity index is 1.77. The highest BCUT2D eigenvalue weighted by molar-refractivity contribution is 6.30. The molecule has 0 saturated carbocycles. The Morgan fingerprint density at radius 2 is 2.24 bits per heavy atom. The monoisotopic (exact) mass is 257 g/mol. The fraction of sp³-hybridized carbons (Fsp3) is 0.538. The van der Waals surface area contributed by atoms with E-state index in [-0.39, 0.29) is 5.82 Å². The van der Waals surface area contributed by atoms with E-state index in [1.54, 1.807) is 6.07 Å². The van der Waals surface area contributed by atoms with Gasteiger partial charge in [0.05, 0.1) is 6.10 Å². The van der Waals surface area contributed by atoms with Crippen LogP contribution < -0.4 is 5.32 Å². The summed E-state index contributed by atoms with van der Waals surface area (Å²) in [4.78, 5) is 0. The first-order chi connectivity index (χ1) is 8.24. The Morgan fingerprint density at radius 3 is 2.94 bits per heavy atom. The standard InChI is InChI=1S/C13H17ClFNO/c14-11-5-10(6-12(15)7-11)8-16-9-13-3-1-2-4-17-13/h5-7,13,16H,1-4,8-9H2. The molecule has 0 radical (unpaired) electrons. The number of hydrogen-bond acceptors (Lipinski definition) is 2. The molecule has 4 heteroatoms. The van der Waals surface area contributed by atoms with Crippen LogP contribution in [0.1, 0.15) is 24.8 Å². The Bertz CT molecular complexity index is 346. The second kappa shape index (κ2) is 6.34. The Labute approximate surface area is 106 Å². The summed E-state index contributed by atoms with van der Waals surface area (Å²) in [6.07, 6.45) is 3.80. The number of nitrogens with one attached hydrogen (secondary N) is 1. The zero-order chi connectivity index (χ0) is 12.1. The number of benzene rings is 1. The van der Waals surface area contributed by atoms with Gasteiger partial charge in [0.1, 0.15) is 5.82 Å². The van der Waals surface area contributed by atoms with Crippen molar-refractivity contribution in [3.05, 3.63) is 34.6 Å². The first-order valence-corrected chi connectivity index (χ1v) is 6.39. The van der Waals surface area contributed by atoms with Crippen LogP contribution in [-0.2, 0) is 11.3 Å². The largest absolute Gasteiger partial charge is 0.377 e. The number of halogens is 2. The minimum absolute atomic E-state index is 0.289. The molecular weight excluding hydrogens is 241 g/mol. The van der Waals surface area contributed by atoms with E-state index in [0.29, 0.717) is 17.7 Å². The van der Waals surface area contributed by atoms with Crippen LogP contribution in [-0.4, -0.2) is 19.3 Å². The first kappa shape index (κ1) is 12.8. The molecule has 1 atom stereocenters. The van der Waals surface area contributed by atoms with Gasteiger partial charge in [0.15, 0.2) is 0 Å². The van der Waals surface area contributed by atoms with Gasteiger partial charge in [-0.1, -0.05) is 11.6 Å². The molecule has 2 nitrogen and oxygen atoms in total. The van der Waals surface area contributed by atoms with Gasteiger partial charge in [-0.15, -0.1) is 0 Å². The van der Waals surface area contributed by atoms with Crippen molar-refractivity contribution in [1.29, 1.82) is 0 Å². The number of hydrogen-bond donors (Lipinski definition) is 1. The molecule has 94 valence electrons. The highest BCUT2D eigenvalue weighted by Crippen LogP contribution is 2.15. The summed E-state index contributed by atoms with van der Waals surface area (Å²) < 4.78 is 18.7. The van der Waals surface area contributed by atoms with Crippen LogP contribution in [0.4, 0.5) is 4.39 Å². The molecule has 1 fully saturated rings. The third-order valence-electron chi connectivity index (χ3n) is 2.90. The first-order valence-electron chi connectivity index (χ1n) is 6.01. The molecule has 0 bridgehead atoms. The molecule has 1 unspecified atom stereocenters. The van der Waals surface area contributed by atoms with Crippen LogP contribution >= 0.6 is 11.6 Å². The van der Waals surface area contributed by atoms with E-state index in [4.69, 9.17) is 16.3 Å². The minimum Gasteiger partial charge on any atom is -0.377 e. The summed E-state index contributed by atoms with van der Waals surface area (Å²) in [5, 5.41) is 3.72. The molecule has 0 spiro atoms. The zero-order valence-corrected chi connectivity index (χ0v) is 10.5. The topological polar surface area (TPSA) is 21.3 Å². The highest BCUT2D eigenvalue weighted by Gasteiger charge is 2.12. The van der Waals surface area contributed by atoms with Crippen molar-refractivity contribution >= 4 is 11.6 Å². The van der Waals surface area contributed by atoms with E-state index in [2.05, 4.69) is 5.32 Å². The molecule has 17 heavy (non-hydrogen) atoms. The van der Waals surface area contributed by atoms with E-state index in [1.807, 2.05) is 0 Å². The molecular formula is C13H17ClFNO. The SMILES string of the molecule is Fc1cc(Cl)cc(CNCC2CCCCO2)c1. The van der Waals surface area contributed by atoms with Crippen molar-refractivity contribution in [2.45, 2.75) is 31.9 Å². The average Bonchev–Trinajstić information content (AvgIpc) is 2.29. The molecule has 2 rings (SSSR count). The van der Waals surface area contributed by atoms with Crippen LogP contribution in [0.5, 0.6) is 0 Å². The normalized spacial score (nSPS) is 20.5. The van der Waals surface area contributed by atoms with Crippen molar-refractivity contribution in [3.63, 3.8) is 0 Å². The maximum absolute atomic E-state index is 13.1. The van der Waals surface area contributed by atoms with Crippen molar-refractivity contribution in [2.75, 3.05) is 13.2 Å². The molecule has 1 aliphatic rings. The third-order valence-corrected chi connectivity index (χ3v) is 3.12. The summed E-state index contributed by atoms with van der Waals surface area (Å²) in [6.45, 7) is 2.30. The third kappa shape index (κ3) is 4.26. The molecule has 1 N–H and O–H groups in total.